The number of carboxylic acids is 1. The molecule has 1 amide bonds. The van der Waals surface area contributed by atoms with E-state index < -0.39 is 35.3 Å². The number of benzene rings is 1. The molecule has 2 heterocycles. The molecule has 1 aliphatic carbocycles. The number of aromatic hydroxyl groups is 1. The van der Waals surface area contributed by atoms with Gasteiger partial charge in [0, 0.05) is 5.69 Å². The Hall–Kier alpha value is -3.55. The van der Waals surface area contributed by atoms with Crippen molar-refractivity contribution < 1.29 is 19.8 Å². The number of hydrogen-bond donors (Lipinski definition) is 3. The molecule has 2 aromatic heterocycles. The van der Waals surface area contributed by atoms with Crippen molar-refractivity contribution in [2.75, 3.05) is 6.54 Å². The van der Waals surface area contributed by atoms with Crippen LogP contribution in [0.25, 0.3) is 5.52 Å². The lowest BCUT2D eigenvalue weighted by Crippen LogP contribution is -2.38. The highest BCUT2D eigenvalue weighted by atomic mass is 16.4. The van der Waals surface area contributed by atoms with Crippen molar-refractivity contribution in [1.82, 2.24) is 14.5 Å². The molecule has 3 N–H and O–H groups in total. The molecule has 0 spiro atoms. The van der Waals surface area contributed by atoms with Crippen LogP contribution in [0.15, 0.2) is 41.2 Å². The largest absolute Gasteiger partial charge is 0.505 e. The van der Waals surface area contributed by atoms with Gasteiger partial charge in [-0.25, -0.2) is 4.68 Å². The zero-order valence-corrected chi connectivity index (χ0v) is 15.7. The number of aliphatic carboxylic acids is 1. The maximum Gasteiger partial charge on any atom is 0.322 e. The van der Waals surface area contributed by atoms with Crippen LogP contribution < -0.4 is 10.9 Å². The highest BCUT2D eigenvalue weighted by Gasteiger charge is 2.26. The number of aryl methyl sites for hydroxylation is 2. The van der Waals surface area contributed by atoms with Crippen LogP contribution in [-0.2, 0) is 24.2 Å². The van der Waals surface area contributed by atoms with Crippen LogP contribution in [0.1, 0.15) is 40.0 Å². The van der Waals surface area contributed by atoms with E-state index in [1.807, 2.05) is 36.4 Å². The Bertz CT molecular complexity index is 1160. The number of fused-ring (bicyclic) bond motifs is 3. The van der Waals surface area contributed by atoms with Gasteiger partial charge >= 0.3 is 5.97 Å². The fraction of sp³-hybridized carbons (Fsp3) is 0.286. The Morgan fingerprint density at radius 3 is 2.55 bits per heavy atom. The lowest BCUT2D eigenvalue weighted by Gasteiger charge is -2.18. The molecule has 29 heavy (non-hydrogen) atoms. The Morgan fingerprint density at radius 1 is 1.10 bits per heavy atom. The molecule has 0 aliphatic heterocycles. The fourth-order valence-electron chi connectivity index (χ4n) is 3.92. The van der Waals surface area contributed by atoms with Crippen molar-refractivity contribution in [3.63, 3.8) is 0 Å². The van der Waals surface area contributed by atoms with E-state index in [-0.39, 0.29) is 6.54 Å². The molecule has 0 saturated heterocycles. The molecular weight excluding hydrogens is 374 g/mol. The summed E-state index contributed by atoms with van der Waals surface area (Å²) in [5.74, 6) is -2.56. The van der Waals surface area contributed by atoms with E-state index in [4.69, 9.17) is 5.11 Å². The van der Waals surface area contributed by atoms with Crippen LogP contribution in [0.5, 0.6) is 5.75 Å². The minimum atomic E-state index is -1.23. The van der Waals surface area contributed by atoms with Crippen LogP contribution in [0, 0.1) is 0 Å². The third-order valence-corrected chi connectivity index (χ3v) is 5.25. The minimum Gasteiger partial charge on any atom is -0.505 e. The summed E-state index contributed by atoms with van der Waals surface area (Å²) in [7, 11) is 0. The van der Waals surface area contributed by atoms with Crippen LogP contribution >= 0.6 is 0 Å². The number of carbonyl (C=O) groups excluding carboxylic acids is 1. The summed E-state index contributed by atoms with van der Waals surface area (Å²) >= 11 is 0. The summed E-state index contributed by atoms with van der Waals surface area (Å²) in [6, 6.07) is 11.2. The molecule has 0 bridgehead atoms. The number of rotatable bonds is 5. The van der Waals surface area contributed by atoms with Gasteiger partial charge in [-0.3, -0.25) is 18.9 Å². The summed E-state index contributed by atoms with van der Waals surface area (Å²) in [6.45, 7) is -0.421. The van der Waals surface area contributed by atoms with Crippen molar-refractivity contribution in [2.24, 2.45) is 0 Å². The zero-order valence-electron chi connectivity index (χ0n) is 15.7. The van der Waals surface area contributed by atoms with E-state index in [0.29, 0.717) is 5.52 Å². The Kier molecular flexibility index (Phi) is 4.84. The van der Waals surface area contributed by atoms with Crippen LogP contribution in [0.2, 0.25) is 0 Å². The van der Waals surface area contributed by atoms with Gasteiger partial charge in [-0.05, 0) is 42.9 Å². The van der Waals surface area contributed by atoms with Gasteiger partial charge in [0.05, 0.1) is 6.54 Å². The second-order valence-electron chi connectivity index (χ2n) is 7.17. The average molecular weight is 395 g/mol. The zero-order chi connectivity index (χ0) is 20.5. The van der Waals surface area contributed by atoms with Gasteiger partial charge in [-0.15, -0.1) is 0 Å². The summed E-state index contributed by atoms with van der Waals surface area (Å²) in [4.78, 5) is 36.6. The fourth-order valence-corrected chi connectivity index (χ4v) is 3.92. The SMILES string of the molecule is O=C(O)CNC(=O)c1c(O)c2cc3c(n2n(Cc2ccccc2)c1=O)CCCC3. The molecule has 0 unspecified atom stereocenters. The van der Waals surface area contributed by atoms with Gasteiger partial charge in [0.15, 0.2) is 5.75 Å². The molecule has 0 fully saturated rings. The van der Waals surface area contributed by atoms with Crippen molar-refractivity contribution in [2.45, 2.75) is 32.2 Å². The first-order valence-corrected chi connectivity index (χ1v) is 9.50. The average Bonchev–Trinajstić information content (AvgIpc) is 3.10. The molecule has 0 saturated carbocycles. The lowest BCUT2D eigenvalue weighted by atomic mass is 9.98. The molecule has 3 aromatic rings. The second kappa shape index (κ2) is 7.46. The van der Waals surface area contributed by atoms with Crippen LogP contribution in [0.3, 0.4) is 0 Å². The van der Waals surface area contributed by atoms with E-state index >= 15 is 0 Å². The van der Waals surface area contributed by atoms with E-state index in [0.717, 1.165) is 42.5 Å². The maximum absolute atomic E-state index is 13.3. The monoisotopic (exact) mass is 395 g/mol. The maximum atomic E-state index is 13.3. The standard InChI is InChI=1S/C21H21N3O5/c25-17(26)11-22-20(28)18-19(27)16-10-14-8-4-5-9-15(14)24(16)23(21(18)29)12-13-6-2-1-3-7-13/h1-3,6-7,10,27H,4-5,8-9,11-12H2,(H,22,28)(H,25,26). The molecular formula is C21H21N3O5. The highest BCUT2D eigenvalue weighted by molar-refractivity contribution is 5.99. The molecule has 150 valence electrons. The van der Waals surface area contributed by atoms with E-state index in [1.165, 1.54) is 4.68 Å². The molecule has 8 heteroatoms. The number of carboxylic acid groups (broad SMARTS) is 1. The summed E-state index contributed by atoms with van der Waals surface area (Å²) in [5, 5.41) is 21.8. The van der Waals surface area contributed by atoms with Crippen LogP contribution in [0.4, 0.5) is 0 Å². The molecule has 1 aliphatic rings. The highest BCUT2D eigenvalue weighted by Crippen LogP contribution is 2.30. The third-order valence-electron chi connectivity index (χ3n) is 5.25. The number of nitrogens with one attached hydrogen (secondary N) is 1. The molecule has 0 atom stereocenters. The van der Waals surface area contributed by atoms with E-state index in [9.17, 15) is 19.5 Å². The van der Waals surface area contributed by atoms with Gasteiger partial charge in [0.25, 0.3) is 11.5 Å². The van der Waals surface area contributed by atoms with Crippen molar-refractivity contribution in [1.29, 1.82) is 0 Å². The van der Waals surface area contributed by atoms with Crippen molar-refractivity contribution in [3.05, 3.63) is 69.1 Å². The first kappa shape index (κ1) is 18.8. The molecule has 1 aromatic carbocycles. The smallest absolute Gasteiger partial charge is 0.322 e. The first-order chi connectivity index (χ1) is 14.0. The van der Waals surface area contributed by atoms with E-state index in [2.05, 4.69) is 5.32 Å². The predicted molar refractivity (Wildman–Crippen MR) is 105 cm³/mol. The molecule has 0 radical (unpaired) electrons. The predicted octanol–water partition coefficient (Wildman–Crippen LogP) is 1.55. The number of nitrogens with zero attached hydrogens (tertiary/aromatic N) is 2. The number of amides is 1. The Balaban J connectivity index is 1.94. The van der Waals surface area contributed by atoms with Gasteiger partial charge in [-0.1, -0.05) is 30.3 Å². The summed E-state index contributed by atoms with van der Waals surface area (Å²) in [5.41, 5.74) is 2.17. The second-order valence-corrected chi connectivity index (χ2v) is 7.17. The summed E-state index contributed by atoms with van der Waals surface area (Å²) in [6.07, 6.45) is 3.64. The molecule has 4 rings (SSSR count). The Morgan fingerprint density at radius 2 is 1.83 bits per heavy atom. The van der Waals surface area contributed by atoms with Gasteiger partial charge in [0.1, 0.15) is 17.6 Å². The number of aromatic nitrogens is 2. The number of carbonyl (C=O) groups is 2. The van der Waals surface area contributed by atoms with Gasteiger partial charge < -0.3 is 15.5 Å². The quantitative estimate of drug-likeness (QED) is 0.607. The summed E-state index contributed by atoms with van der Waals surface area (Å²) < 4.78 is 3.16. The van der Waals surface area contributed by atoms with Crippen LogP contribution in [-0.4, -0.2) is 37.8 Å². The minimum absolute atomic E-state index is 0.219. The Labute approximate surface area is 166 Å². The number of hydrogen-bond acceptors (Lipinski definition) is 4. The van der Waals surface area contributed by atoms with E-state index in [1.54, 1.807) is 4.52 Å². The first-order valence-electron chi connectivity index (χ1n) is 9.50. The topological polar surface area (TPSA) is 113 Å². The van der Waals surface area contributed by atoms with Crippen molar-refractivity contribution in [3.8, 4) is 5.75 Å². The van der Waals surface area contributed by atoms with Crippen molar-refractivity contribution >= 4 is 17.4 Å². The lowest BCUT2D eigenvalue weighted by molar-refractivity contribution is -0.135. The van der Waals surface area contributed by atoms with Gasteiger partial charge in [-0.2, -0.15) is 0 Å². The molecule has 8 nitrogen and oxygen atoms in total. The van der Waals surface area contributed by atoms with Gasteiger partial charge in [0.2, 0.25) is 0 Å². The normalized spacial score (nSPS) is 13.2. The third kappa shape index (κ3) is 3.37.